The quantitative estimate of drug-likeness (QED) is 0.788. The number of rotatable bonds is 4. The van der Waals surface area contributed by atoms with E-state index >= 15 is 0 Å². The standard InChI is InChI=1S/C14H26N2O/c1-2-12(11-7-4-3-5-8-11)16-14(17)13-9-6-10-15-13/h11-13,15H,2-10H2,1H3,(H,16,17). The summed E-state index contributed by atoms with van der Waals surface area (Å²) < 4.78 is 0. The lowest BCUT2D eigenvalue weighted by molar-refractivity contribution is -0.124. The maximum Gasteiger partial charge on any atom is 0.237 e. The van der Waals surface area contributed by atoms with E-state index in [4.69, 9.17) is 0 Å². The molecule has 0 radical (unpaired) electrons. The van der Waals surface area contributed by atoms with Crippen molar-refractivity contribution in [2.75, 3.05) is 6.54 Å². The van der Waals surface area contributed by atoms with E-state index in [9.17, 15) is 4.79 Å². The summed E-state index contributed by atoms with van der Waals surface area (Å²) in [5.74, 6) is 0.957. The molecule has 1 heterocycles. The van der Waals surface area contributed by atoms with Crippen molar-refractivity contribution >= 4 is 5.91 Å². The number of carbonyl (C=O) groups excluding carboxylic acids is 1. The molecule has 2 fully saturated rings. The summed E-state index contributed by atoms with van der Waals surface area (Å²) in [6, 6.07) is 0.484. The van der Waals surface area contributed by atoms with Gasteiger partial charge in [-0.15, -0.1) is 0 Å². The third kappa shape index (κ3) is 3.44. The van der Waals surface area contributed by atoms with E-state index in [1.54, 1.807) is 0 Å². The molecule has 0 aromatic heterocycles. The van der Waals surface area contributed by atoms with Crippen LogP contribution in [0.5, 0.6) is 0 Å². The number of carbonyl (C=O) groups is 1. The molecular formula is C14H26N2O. The smallest absolute Gasteiger partial charge is 0.237 e. The SMILES string of the molecule is CCC(NC(=O)C1CCCN1)C1CCCCC1. The Labute approximate surface area is 105 Å². The van der Waals surface area contributed by atoms with Gasteiger partial charge in [0.25, 0.3) is 0 Å². The Bertz CT molecular complexity index is 243. The van der Waals surface area contributed by atoms with Crippen molar-refractivity contribution in [1.29, 1.82) is 0 Å². The van der Waals surface area contributed by atoms with E-state index in [-0.39, 0.29) is 11.9 Å². The molecule has 2 rings (SSSR count). The van der Waals surface area contributed by atoms with E-state index in [1.807, 2.05) is 0 Å². The largest absolute Gasteiger partial charge is 0.352 e. The zero-order valence-electron chi connectivity index (χ0n) is 11.0. The summed E-state index contributed by atoms with van der Waals surface area (Å²) in [6.07, 6.45) is 9.89. The average molecular weight is 238 g/mol. The van der Waals surface area contributed by atoms with Crippen LogP contribution in [0, 0.1) is 5.92 Å². The highest BCUT2D eigenvalue weighted by Gasteiger charge is 2.27. The molecule has 1 saturated carbocycles. The summed E-state index contributed by atoms with van der Waals surface area (Å²) in [6.45, 7) is 3.19. The third-order valence-electron chi connectivity index (χ3n) is 4.36. The van der Waals surface area contributed by atoms with Gasteiger partial charge >= 0.3 is 0 Å². The third-order valence-corrected chi connectivity index (χ3v) is 4.36. The highest BCUT2D eigenvalue weighted by atomic mass is 16.2. The Balaban J connectivity index is 1.82. The van der Waals surface area contributed by atoms with Gasteiger partial charge in [0.05, 0.1) is 6.04 Å². The lowest BCUT2D eigenvalue weighted by Gasteiger charge is -2.31. The molecule has 3 nitrogen and oxygen atoms in total. The molecule has 2 aliphatic rings. The van der Waals surface area contributed by atoms with Crippen molar-refractivity contribution in [3.05, 3.63) is 0 Å². The number of nitrogens with one attached hydrogen (secondary N) is 2. The van der Waals surface area contributed by atoms with Crippen LogP contribution in [-0.4, -0.2) is 24.5 Å². The maximum atomic E-state index is 12.1. The van der Waals surface area contributed by atoms with E-state index in [1.165, 1.54) is 32.1 Å². The van der Waals surface area contributed by atoms with Gasteiger partial charge in [-0.05, 0) is 44.6 Å². The summed E-state index contributed by atoms with van der Waals surface area (Å²) in [4.78, 5) is 12.1. The van der Waals surface area contributed by atoms with Gasteiger partial charge in [-0.1, -0.05) is 26.2 Å². The second-order valence-electron chi connectivity index (χ2n) is 5.57. The molecule has 2 unspecified atom stereocenters. The Kier molecular flexibility index (Phi) is 4.84. The van der Waals surface area contributed by atoms with Crippen molar-refractivity contribution in [3.8, 4) is 0 Å². The highest BCUT2D eigenvalue weighted by Crippen LogP contribution is 2.27. The Hall–Kier alpha value is -0.570. The van der Waals surface area contributed by atoms with Crippen molar-refractivity contribution in [2.45, 2.75) is 70.4 Å². The molecule has 0 aromatic rings. The van der Waals surface area contributed by atoms with Gasteiger partial charge in [0.1, 0.15) is 0 Å². The molecule has 0 bridgehead atoms. The fourth-order valence-electron chi connectivity index (χ4n) is 3.28. The second kappa shape index (κ2) is 6.39. The van der Waals surface area contributed by atoms with E-state index in [0.29, 0.717) is 6.04 Å². The van der Waals surface area contributed by atoms with Gasteiger partial charge in [-0.3, -0.25) is 4.79 Å². The summed E-state index contributed by atoms with van der Waals surface area (Å²) >= 11 is 0. The van der Waals surface area contributed by atoms with Crippen LogP contribution in [0.25, 0.3) is 0 Å². The molecule has 1 saturated heterocycles. The maximum absolute atomic E-state index is 12.1. The number of hydrogen-bond donors (Lipinski definition) is 2. The zero-order chi connectivity index (χ0) is 12.1. The molecule has 0 spiro atoms. The first-order chi connectivity index (χ1) is 8.31. The van der Waals surface area contributed by atoms with Gasteiger partial charge < -0.3 is 10.6 Å². The molecule has 1 aliphatic carbocycles. The first-order valence-corrected chi connectivity index (χ1v) is 7.35. The summed E-state index contributed by atoms with van der Waals surface area (Å²) in [5, 5.41) is 6.55. The van der Waals surface area contributed by atoms with Crippen molar-refractivity contribution in [3.63, 3.8) is 0 Å². The second-order valence-corrected chi connectivity index (χ2v) is 5.57. The molecular weight excluding hydrogens is 212 g/mol. The monoisotopic (exact) mass is 238 g/mol. The molecule has 17 heavy (non-hydrogen) atoms. The first kappa shape index (κ1) is 12.9. The first-order valence-electron chi connectivity index (χ1n) is 7.35. The summed E-state index contributed by atoms with van der Waals surface area (Å²) in [7, 11) is 0. The molecule has 1 amide bonds. The Morgan fingerprint density at radius 1 is 1.24 bits per heavy atom. The van der Waals surface area contributed by atoms with Crippen LogP contribution in [0.1, 0.15) is 58.3 Å². The molecule has 1 aliphatic heterocycles. The van der Waals surface area contributed by atoms with Crippen molar-refractivity contribution < 1.29 is 4.79 Å². The fourth-order valence-corrected chi connectivity index (χ4v) is 3.28. The normalized spacial score (nSPS) is 27.9. The van der Waals surface area contributed by atoms with Crippen LogP contribution in [0.2, 0.25) is 0 Å². The van der Waals surface area contributed by atoms with Crippen LogP contribution in [0.4, 0.5) is 0 Å². The predicted molar refractivity (Wildman–Crippen MR) is 69.8 cm³/mol. The van der Waals surface area contributed by atoms with Crippen LogP contribution in [0.3, 0.4) is 0 Å². The van der Waals surface area contributed by atoms with Gasteiger partial charge in [-0.25, -0.2) is 0 Å². The lowest BCUT2D eigenvalue weighted by Crippen LogP contribution is -2.48. The van der Waals surface area contributed by atoms with Crippen molar-refractivity contribution in [2.24, 2.45) is 5.92 Å². The highest BCUT2D eigenvalue weighted by molar-refractivity contribution is 5.82. The van der Waals surface area contributed by atoms with Gasteiger partial charge in [0, 0.05) is 6.04 Å². The number of hydrogen-bond acceptors (Lipinski definition) is 2. The number of amides is 1. The molecule has 0 aromatic carbocycles. The Morgan fingerprint density at radius 3 is 2.59 bits per heavy atom. The fraction of sp³-hybridized carbons (Fsp3) is 0.929. The molecule has 2 N–H and O–H groups in total. The summed E-state index contributed by atoms with van der Waals surface area (Å²) in [5.41, 5.74) is 0. The van der Waals surface area contributed by atoms with E-state index in [0.717, 1.165) is 31.7 Å². The van der Waals surface area contributed by atoms with Gasteiger partial charge in [0.15, 0.2) is 0 Å². The van der Waals surface area contributed by atoms with Crippen LogP contribution in [0.15, 0.2) is 0 Å². The Morgan fingerprint density at radius 2 is 2.00 bits per heavy atom. The lowest BCUT2D eigenvalue weighted by atomic mass is 9.83. The van der Waals surface area contributed by atoms with E-state index in [2.05, 4.69) is 17.6 Å². The predicted octanol–water partition coefficient (Wildman–Crippen LogP) is 2.21. The topological polar surface area (TPSA) is 41.1 Å². The minimum absolute atomic E-state index is 0.0765. The van der Waals surface area contributed by atoms with Crippen molar-refractivity contribution in [1.82, 2.24) is 10.6 Å². The zero-order valence-corrected chi connectivity index (χ0v) is 11.0. The van der Waals surface area contributed by atoms with Crippen LogP contribution < -0.4 is 10.6 Å². The van der Waals surface area contributed by atoms with Crippen LogP contribution in [-0.2, 0) is 4.79 Å². The molecule has 98 valence electrons. The van der Waals surface area contributed by atoms with E-state index < -0.39 is 0 Å². The van der Waals surface area contributed by atoms with Crippen LogP contribution >= 0.6 is 0 Å². The molecule has 3 heteroatoms. The minimum Gasteiger partial charge on any atom is -0.352 e. The minimum atomic E-state index is 0.0765. The van der Waals surface area contributed by atoms with Gasteiger partial charge in [0.2, 0.25) is 5.91 Å². The average Bonchev–Trinajstić information content (AvgIpc) is 2.90. The van der Waals surface area contributed by atoms with Gasteiger partial charge in [-0.2, -0.15) is 0 Å². The molecule has 2 atom stereocenters.